The van der Waals surface area contributed by atoms with E-state index in [0.29, 0.717) is 6.42 Å². The molecule has 4 aliphatic rings. The predicted octanol–water partition coefficient (Wildman–Crippen LogP) is 3.48. The number of ether oxygens (including phenoxy) is 1. The van der Waals surface area contributed by atoms with Crippen molar-refractivity contribution in [3.63, 3.8) is 0 Å². The van der Waals surface area contributed by atoms with E-state index in [1.54, 1.807) is 5.01 Å². The van der Waals surface area contributed by atoms with Gasteiger partial charge in [0.1, 0.15) is 6.04 Å². The molecule has 0 bridgehead atoms. The van der Waals surface area contributed by atoms with Crippen LogP contribution in [0.4, 0.5) is 8.78 Å². The highest BCUT2D eigenvalue weighted by molar-refractivity contribution is 7.12. The summed E-state index contributed by atoms with van der Waals surface area (Å²) in [5.41, 5.74) is 5.42. The van der Waals surface area contributed by atoms with E-state index in [4.69, 9.17) is 4.74 Å². The number of nitrogens with one attached hydrogen (secondary N) is 1. The number of likely N-dealkylation sites (N-methyl/N-ethyl adjacent to an activating group) is 1. The number of hydrazine groups is 2. The zero-order valence-corrected chi connectivity index (χ0v) is 18.0. The Hall–Kier alpha value is -1.22. The van der Waals surface area contributed by atoms with Crippen LogP contribution in [0.15, 0.2) is 18.0 Å². The summed E-state index contributed by atoms with van der Waals surface area (Å²) in [7, 11) is 1.90. The predicted molar refractivity (Wildman–Crippen MR) is 109 cm³/mol. The number of thiophene rings is 1. The van der Waals surface area contributed by atoms with Crippen LogP contribution in [-0.2, 0) is 23.2 Å². The fourth-order valence-electron chi connectivity index (χ4n) is 5.02. The Morgan fingerprint density at radius 1 is 1.28 bits per heavy atom. The minimum atomic E-state index is -2.59. The Kier molecular flexibility index (Phi) is 4.89. The normalized spacial score (nSPS) is 28.4. The zero-order valence-electron chi connectivity index (χ0n) is 17.2. The molecule has 4 heterocycles. The Bertz CT molecular complexity index is 803. The van der Waals surface area contributed by atoms with Crippen molar-refractivity contribution in [3.05, 3.63) is 33.3 Å². The molecule has 1 saturated heterocycles. The van der Waals surface area contributed by atoms with Gasteiger partial charge in [-0.05, 0) is 37.3 Å². The average molecular weight is 425 g/mol. The first-order valence-electron chi connectivity index (χ1n) is 10.8. The highest BCUT2D eigenvalue weighted by atomic mass is 32.1. The number of halogens is 2. The van der Waals surface area contributed by atoms with Crippen molar-refractivity contribution in [1.29, 1.82) is 0 Å². The third-order valence-electron chi connectivity index (χ3n) is 7.01. The summed E-state index contributed by atoms with van der Waals surface area (Å²) in [6, 6.07) is 1.65. The second-order valence-corrected chi connectivity index (χ2v) is 10.00. The number of rotatable bonds is 4. The van der Waals surface area contributed by atoms with Crippen LogP contribution in [0.2, 0.25) is 0 Å². The molecule has 1 N–H and O–H groups in total. The molecular formula is C21H30F2N4OS. The van der Waals surface area contributed by atoms with Crippen LogP contribution in [0.1, 0.15) is 47.9 Å². The van der Waals surface area contributed by atoms with Crippen molar-refractivity contribution in [3.8, 4) is 0 Å². The molecule has 0 amide bonds. The summed E-state index contributed by atoms with van der Waals surface area (Å²) in [6.07, 6.45) is 6.50. The zero-order chi connectivity index (χ0) is 20.2. The van der Waals surface area contributed by atoms with Crippen LogP contribution >= 0.6 is 11.3 Å². The fraction of sp³-hybridized carbons (Fsp3) is 0.714. The van der Waals surface area contributed by atoms with Gasteiger partial charge in [0.05, 0.1) is 17.9 Å². The molecule has 0 aromatic carbocycles. The van der Waals surface area contributed by atoms with Crippen molar-refractivity contribution in [2.24, 2.45) is 0 Å². The molecule has 0 radical (unpaired) electrons. The van der Waals surface area contributed by atoms with Crippen molar-refractivity contribution in [1.82, 2.24) is 20.5 Å². The number of fused-ring (bicyclic) bond motifs is 2. The van der Waals surface area contributed by atoms with Crippen LogP contribution < -0.4 is 5.53 Å². The molecular weight excluding hydrogens is 394 g/mol. The molecule has 1 aliphatic carbocycles. The Morgan fingerprint density at radius 3 is 2.72 bits per heavy atom. The van der Waals surface area contributed by atoms with E-state index >= 15 is 0 Å². The van der Waals surface area contributed by atoms with Gasteiger partial charge in [-0.3, -0.25) is 14.9 Å². The maximum atomic E-state index is 13.8. The average Bonchev–Trinajstić information content (AvgIpc) is 3.27. The lowest BCUT2D eigenvalue weighted by Crippen LogP contribution is -2.57. The number of hydrogen-bond donors (Lipinski definition) is 1. The van der Waals surface area contributed by atoms with Crippen LogP contribution in [0, 0.1) is 0 Å². The Morgan fingerprint density at radius 2 is 2.07 bits per heavy atom. The Labute approximate surface area is 175 Å². The van der Waals surface area contributed by atoms with E-state index in [-0.39, 0.29) is 12.0 Å². The van der Waals surface area contributed by atoms with Crippen molar-refractivity contribution in [2.45, 2.75) is 63.0 Å². The van der Waals surface area contributed by atoms with Crippen LogP contribution in [0.3, 0.4) is 0 Å². The largest absolute Gasteiger partial charge is 0.370 e. The van der Waals surface area contributed by atoms with Gasteiger partial charge >= 0.3 is 0 Å². The molecule has 1 spiro atoms. The first kappa shape index (κ1) is 19.7. The van der Waals surface area contributed by atoms with E-state index < -0.39 is 12.0 Å². The number of nitrogens with zero attached hydrogens (tertiary/aromatic N) is 3. The van der Waals surface area contributed by atoms with Crippen LogP contribution in [0.5, 0.6) is 0 Å². The number of aryl methyl sites for hydroxylation is 1. The summed E-state index contributed by atoms with van der Waals surface area (Å²) in [6.45, 7) is 5.73. The first-order valence-corrected chi connectivity index (χ1v) is 11.6. The third kappa shape index (κ3) is 3.38. The molecule has 29 heavy (non-hydrogen) atoms. The highest BCUT2D eigenvalue weighted by Gasteiger charge is 2.52. The molecule has 1 atom stereocenters. The van der Waals surface area contributed by atoms with E-state index in [9.17, 15) is 8.78 Å². The van der Waals surface area contributed by atoms with Gasteiger partial charge in [0, 0.05) is 55.5 Å². The maximum Gasteiger partial charge on any atom is 0.269 e. The van der Waals surface area contributed by atoms with E-state index in [1.807, 2.05) is 29.6 Å². The number of alkyl halides is 2. The summed E-state index contributed by atoms with van der Waals surface area (Å²) in [5, 5.41) is 3.47. The van der Waals surface area contributed by atoms with Crippen molar-refractivity contribution in [2.75, 3.05) is 33.3 Å². The number of likely N-dealkylation sites (tertiary alicyclic amines) is 1. The molecule has 8 heteroatoms. The summed E-state index contributed by atoms with van der Waals surface area (Å²) < 4.78 is 33.9. The highest BCUT2D eigenvalue weighted by Crippen LogP contribution is 2.45. The summed E-state index contributed by atoms with van der Waals surface area (Å²) >= 11 is 1.96. The van der Waals surface area contributed by atoms with Gasteiger partial charge in [-0.2, -0.15) is 0 Å². The number of piperidine rings is 1. The monoisotopic (exact) mass is 424 g/mol. The molecule has 5 rings (SSSR count). The molecule has 1 unspecified atom stereocenters. The smallest absolute Gasteiger partial charge is 0.269 e. The standard InChI is InChI=1S/C21H30F2N4OS/c1-3-16-12-17-18(29-16)5-11-28-20(17)7-9-26(10-8-20)13-15-14-27(24-25(15)2)19-4-6-21(19,22)23/h12,14,19,24H,3-11,13H2,1-2H3. The van der Waals surface area contributed by atoms with Crippen LogP contribution in [-0.4, -0.2) is 60.2 Å². The van der Waals surface area contributed by atoms with E-state index in [0.717, 1.165) is 57.6 Å². The number of hydrogen-bond acceptors (Lipinski definition) is 6. The molecule has 2 fully saturated rings. The van der Waals surface area contributed by atoms with Gasteiger partial charge in [0.15, 0.2) is 0 Å². The fourth-order valence-corrected chi connectivity index (χ4v) is 6.19. The SMILES string of the molecule is CCc1cc2c(s1)CCOC21CCN(CC2=CN(C3CCC3(F)F)NN2C)CC1. The second kappa shape index (κ2) is 7.18. The molecule has 3 aliphatic heterocycles. The molecule has 1 aromatic heterocycles. The van der Waals surface area contributed by atoms with Gasteiger partial charge in [-0.25, -0.2) is 8.78 Å². The quantitative estimate of drug-likeness (QED) is 0.800. The van der Waals surface area contributed by atoms with Gasteiger partial charge in [-0.15, -0.1) is 16.9 Å². The van der Waals surface area contributed by atoms with Gasteiger partial charge in [-0.1, -0.05) is 6.92 Å². The van der Waals surface area contributed by atoms with E-state index in [1.165, 1.54) is 15.3 Å². The summed E-state index contributed by atoms with van der Waals surface area (Å²) in [5.74, 6) is -2.59. The molecule has 1 aromatic rings. The topological polar surface area (TPSA) is 31.0 Å². The second-order valence-electron chi connectivity index (χ2n) is 8.77. The van der Waals surface area contributed by atoms with Crippen molar-refractivity contribution < 1.29 is 13.5 Å². The first-order chi connectivity index (χ1) is 13.9. The summed E-state index contributed by atoms with van der Waals surface area (Å²) in [4.78, 5) is 5.39. The molecule has 1 saturated carbocycles. The lowest BCUT2D eigenvalue weighted by atomic mass is 9.82. The third-order valence-corrected chi connectivity index (χ3v) is 8.35. The van der Waals surface area contributed by atoms with Crippen LogP contribution in [0.25, 0.3) is 0 Å². The lowest BCUT2D eigenvalue weighted by molar-refractivity contribution is -0.155. The van der Waals surface area contributed by atoms with Gasteiger partial charge < -0.3 is 4.74 Å². The van der Waals surface area contributed by atoms with Gasteiger partial charge in [0.25, 0.3) is 5.92 Å². The lowest BCUT2D eigenvalue weighted by Gasteiger charge is -2.44. The maximum absolute atomic E-state index is 13.8. The molecule has 5 nitrogen and oxygen atoms in total. The van der Waals surface area contributed by atoms with Gasteiger partial charge in [0.2, 0.25) is 0 Å². The minimum absolute atomic E-state index is 0.0126. The minimum Gasteiger partial charge on any atom is -0.370 e. The Balaban J connectivity index is 1.24. The molecule has 160 valence electrons. The van der Waals surface area contributed by atoms with E-state index in [2.05, 4.69) is 23.4 Å². The van der Waals surface area contributed by atoms with Crippen molar-refractivity contribution >= 4 is 11.3 Å².